The van der Waals surface area contributed by atoms with Crippen molar-refractivity contribution in [2.24, 2.45) is 0 Å². The van der Waals surface area contributed by atoms with E-state index in [0.29, 0.717) is 38.5 Å². The monoisotopic (exact) mass is 448 g/mol. The predicted octanol–water partition coefficient (Wildman–Crippen LogP) is 7.31. The van der Waals surface area contributed by atoms with Crippen LogP contribution in [-0.2, 0) is 0 Å². The Labute approximate surface area is 187 Å². The molecule has 5 rings (SSSR count). The summed E-state index contributed by atoms with van der Waals surface area (Å²) in [5.41, 5.74) is 3.43. The second-order valence-corrected chi connectivity index (χ2v) is 7.57. The van der Waals surface area contributed by atoms with E-state index < -0.39 is 0 Å². The van der Waals surface area contributed by atoms with Crippen molar-refractivity contribution >= 4 is 45.9 Å². The van der Waals surface area contributed by atoms with E-state index >= 15 is 0 Å². The van der Waals surface area contributed by atoms with Crippen molar-refractivity contribution in [3.63, 3.8) is 0 Å². The minimum atomic E-state index is -0.390. The number of furan rings is 1. The molecule has 0 unspecified atom stereocenters. The molecule has 2 heterocycles. The molecule has 0 saturated carbocycles. The minimum absolute atomic E-state index is 0.151. The second-order valence-electron chi connectivity index (χ2n) is 6.79. The molecule has 31 heavy (non-hydrogen) atoms. The van der Waals surface area contributed by atoms with Crippen LogP contribution in [0.3, 0.4) is 0 Å². The van der Waals surface area contributed by atoms with E-state index in [1.54, 1.807) is 42.5 Å². The first-order valence-corrected chi connectivity index (χ1v) is 10.2. The van der Waals surface area contributed by atoms with Crippen LogP contribution in [-0.4, -0.2) is 10.9 Å². The summed E-state index contributed by atoms with van der Waals surface area (Å²) >= 11 is 12.3. The van der Waals surface area contributed by atoms with E-state index in [4.69, 9.17) is 32.0 Å². The van der Waals surface area contributed by atoms with E-state index in [1.165, 1.54) is 0 Å². The lowest BCUT2D eigenvalue weighted by molar-refractivity contribution is 0.0997. The van der Waals surface area contributed by atoms with Gasteiger partial charge in [-0.1, -0.05) is 47.5 Å². The molecule has 0 saturated heterocycles. The smallest absolute Gasteiger partial charge is 0.291 e. The molecule has 0 aliphatic carbocycles. The number of nitrogens with zero attached hydrogens (tertiary/aromatic N) is 1. The third-order valence-electron chi connectivity index (χ3n) is 4.71. The van der Waals surface area contributed by atoms with Gasteiger partial charge >= 0.3 is 0 Å². The summed E-state index contributed by atoms with van der Waals surface area (Å²) in [5.74, 6) is 0.698. The van der Waals surface area contributed by atoms with E-state index in [-0.39, 0.29) is 11.7 Å². The van der Waals surface area contributed by atoms with Gasteiger partial charge in [-0.15, -0.1) is 0 Å². The zero-order chi connectivity index (χ0) is 21.4. The lowest BCUT2D eigenvalue weighted by Gasteiger charge is -2.05. The number of fused-ring (bicyclic) bond motifs is 1. The van der Waals surface area contributed by atoms with Gasteiger partial charge in [-0.3, -0.25) is 4.79 Å². The quantitative estimate of drug-likeness (QED) is 0.312. The third kappa shape index (κ3) is 3.81. The maximum absolute atomic E-state index is 12.7. The topological polar surface area (TPSA) is 68.3 Å². The lowest BCUT2D eigenvalue weighted by Crippen LogP contribution is -2.10. The van der Waals surface area contributed by atoms with Crippen LogP contribution in [0.2, 0.25) is 10.0 Å². The van der Waals surface area contributed by atoms with Gasteiger partial charge in [-0.05, 0) is 54.6 Å². The van der Waals surface area contributed by atoms with Crippen LogP contribution in [0.4, 0.5) is 5.69 Å². The molecular weight excluding hydrogens is 435 g/mol. The number of hydrogen-bond acceptors (Lipinski definition) is 4. The van der Waals surface area contributed by atoms with E-state index in [2.05, 4.69) is 10.3 Å². The van der Waals surface area contributed by atoms with Gasteiger partial charge in [0.1, 0.15) is 11.3 Å². The van der Waals surface area contributed by atoms with Crippen molar-refractivity contribution < 1.29 is 13.6 Å². The Morgan fingerprint density at radius 3 is 2.58 bits per heavy atom. The number of amides is 1. The van der Waals surface area contributed by atoms with Crippen LogP contribution in [0.5, 0.6) is 0 Å². The van der Waals surface area contributed by atoms with Gasteiger partial charge < -0.3 is 14.2 Å². The van der Waals surface area contributed by atoms with Crippen LogP contribution in [0.15, 0.2) is 87.7 Å². The normalized spacial score (nSPS) is 11.0. The number of rotatable bonds is 4. The Morgan fingerprint density at radius 1 is 0.871 bits per heavy atom. The highest BCUT2D eigenvalue weighted by Crippen LogP contribution is 2.34. The average molecular weight is 449 g/mol. The third-order valence-corrected chi connectivity index (χ3v) is 5.53. The second kappa shape index (κ2) is 7.95. The molecule has 5 nitrogen and oxygen atoms in total. The zero-order valence-corrected chi connectivity index (χ0v) is 17.4. The number of halogens is 2. The number of benzene rings is 3. The van der Waals surface area contributed by atoms with Crippen LogP contribution in [0, 0.1) is 0 Å². The molecular formula is C24H14Cl2N2O3. The molecule has 0 radical (unpaired) electrons. The molecule has 5 aromatic rings. The standard InChI is InChI=1S/C24H14Cl2N2O3/c25-17-8-4-7-16(22(17)26)19-11-12-21(30-19)23(29)27-15-6-3-5-14(13-15)24-28-18-9-1-2-10-20(18)31-24/h1-13H,(H,27,29). The summed E-state index contributed by atoms with van der Waals surface area (Å²) in [6.07, 6.45) is 0. The number of oxazole rings is 1. The van der Waals surface area contributed by atoms with Gasteiger partial charge in [-0.25, -0.2) is 4.98 Å². The first kappa shape index (κ1) is 19.4. The van der Waals surface area contributed by atoms with E-state index in [1.807, 2.05) is 36.4 Å². The summed E-state index contributed by atoms with van der Waals surface area (Å²) in [7, 11) is 0. The number of carbonyl (C=O) groups is 1. The fraction of sp³-hybridized carbons (Fsp3) is 0. The number of hydrogen-bond donors (Lipinski definition) is 1. The molecule has 152 valence electrons. The molecule has 0 bridgehead atoms. The van der Waals surface area contributed by atoms with E-state index in [9.17, 15) is 4.79 Å². The maximum atomic E-state index is 12.7. The first-order chi connectivity index (χ1) is 15.1. The average Bonchev–Trinajstić information content (AvgIpc) is 3.43. The summed E-state index contributed by atoms with van der Waals surface area (Å²) in [6, 6.07) is 23.3. The molecule has 0 aliphatic rings. The molecule has 0 spiro atoms. The first-order valence-electron chi connectivity index (χ1n) is 9.40. The fourth-order valence-electron chi connectivity index (χ4n) is 3.22. The zero-order valence-electron chi connectivity index (χ0n) is 15.9. The van der Waals surface area contributed by atoms with Gasteiger partial charge in [0.05, 0.1) is 10.0 Å². The number of carbonyl (C=O) groups excluding carboxylic acids is 1. The predicted molar refractivity (Wildman–Crippen MR) is 122 cm³/mol. The SMILES string of the molecule is O=C(Nc1cccc(-c2nc3ccccc3o2)c1)c1ccc(-c2cccc(Cl)c2Cl)o1. The Kier molecular flexibility index (Phi) is 4.98. The van der Waals surface area contributed by atoms with Gasteiger partial charge in [0, 0.05) is 16.8 Å². The molecule has 1 N–H and O–H groups in total. The van der Waals surface area contributed by atoms with Crippen molar-refractivity contribution in [2.45, 2.75) is 0 Å². The summed E-state index contributed by atoms with van der Waals surface area (Å²) < 4.78 is 11.5. The number of para-hydroxylation sites is 2. The molecule has 0 atom stereocenters. The molecule has 3 aromatic carbocycles. The van der Waals surface area contributed by atoms with Crippen LogP contribution >= 0.6 is 23.2 Å². The van der Waals surface area contributed by atoms with Crippen LogP contribution < -0.4 is 5.32 Å². The largest absolute Gasteiger partial charge is 0.451 e. The highest BCUT2D eigenvalue weighted by Gasteiger charge is 2.16. The van der Waals surface area contributed by atoms with Crippen molar-refractivity contribution in [2.75, 3.05) is 5.32 Å². The van der Waals surface area contributed by atoms with E-state index in [0.717, 1.165) is 11.1 Å². The maximum Gasteiger partial charge on any atom is 0.291 e. The number of anilines is 1. The number of nitrogens with one attached hydrogen (secondary N) is 1. The van der Waals surface area contributed by atoms with Crippen molar-refractivity contribution in [3.05, 3.63) is 94.7 Å². The summed E-state index contributed by atoms with van der Waals surface area (Å²) in [4.78, 5) is 17.2. The van der Waals surface area contributed by atoms with Gasteiger partial charge in [0.25, 0.3) is 5.91 Å². The Morgan fingerprint density at radius 2 is 1.71 bits per heavy atom. The van der Waals surface area contributed by atoms with Crippen molar-refractivity contribution in [1.82, 2.24) is 4.98 Å². The molecule has 7 heteroatoms. The Hall–Kier alpha value is -3.54. The molecule has 0 fully saturated rings. The van der Waals surface area contributed by atoms with Gasteiger partial charge in [0.2, 0.25) is 5.89 Å². The molecule has 2 aromatic heterocycles. The van der Waals surface area contributed by atoms with Crippen LogP contribution in [0.1, 0.15) is 10.6 Å². The summed E-state index contributed by atoms with van der Waals surface area (Å²) in [6.45, 7) is 0. The Bertz CT molecular complexity index is 1390. The highest BCUT2D eigenvalue weighted by molar-refractivity contribution is 6.43. The van der Waals surface area contributed by atoms with Gasteiger partial charge in [-0.2, -0.15) is 0 Å². The van der Waals surface area contributed by atoms with Crippen molar-refractivity contribution in [3.8, 4) is 22.8 Å². The van der Waals surface area contributed by atoms with Gasteiger partial charge in [0.15, 0.2) is 11.3 Å². The number of aromatic nitrogens is 1. The molecule has 0 aliphatic heterocycles. The Balaban J connectivity index is 1.38. The van der Waals surface area contributed by atoms with Crippen molar-refractivity contribution in [1.29, 1.82) is 0 Å². The highest BCUT2D eigenvalue weighted by atomic mass is 35.5. The summed E-state index contributed by atoms with van der Waals surface area (Å²) in [5, 5.41) is 3.62. The lowest BCUT2D eigenvalue weighted by atomic mass is 10.2. The van der Waals surface area contributed by atoms with Crippen LogP contribution in [0.25, 0.3) is 33.9 Å². The minimum Gasteiger partial charge on any atom is -0.451 e. The fourth-order valence-corrected chi connectivity index (χ4v) is 3.61. The molecule has 1 amide bonds.